The Morgan fingerprint density at radius 2 is 2.09 bits per heavy atom. The first kappa shape index (κ1) is 16.3. The van der Waals surface area contributed by atoms with E-state index in [1.54, 1.807) is 16.5 Å². The van der Waals surface area contributed by atoms with Crippen molar-refractivity contribution in [3.05, 3.63) is 5.82 Å². The molecule has 2 aliphatic rings. The van der Waals surface area contributed by atoms with Crippen molar-refractivity contribution < 1.29 is 13.2 Å². The first-order chi connectivity index (χ1) is 10.8. The maximum absolute atomic E-state index is 12.4. The lowest BCUT2D eigenvalue weighted by atomic mass is 10.00. The zero-order valence-electron chi connectivity index (χ0n) is 13.6. The third-order valence-corrected chi connectivity index (χ3v) is 7.16. The highest BCUT2D eigenvalue weighted by atomic mass is 32.2. The number of nitrogens with zero attached hydrogens (tertiary/aromatic N) is 6. The molecule has 10 heteroatoms. The van der Waals surface area contributed by atoms with Gasteiger partial charge in [0.05, 0.1) is 17.5 Å². The number of carbonyl (C=O) groups excluding carboxylic acids is 1. The van der Waals surface area contributed by atoms with Crippen LogP contribution in [-0.2, 0) is 21.2 Å². The van der Waals surface area contributed by atoms with Crippen molar-refractivity contribution in [2.75, 3.05) is 32.9 Å². The summed E-state index contributed by atoms with van der Waals surface area (Å²) in [5.41, 5.74) is 0. The van der Waals surface area contributed by atoms with E-state index in [2.05, 4.69) is 15.5 Å². The molecule has 0 spiro atoms. The SMILES string of the molecule is Cc1nnnn1CCC(=O)N1C[C@H]2[C@@H](N(C)C)CS(=O)(=O)[C@H]2C1. The number of aromatic nitrogens is 4. The molecule has 1 aromatic rings. The first-order valence-corrected chi connectivity index (χ1v) is 9.39. The van der Waals surface area contributed by atoms with E-state index in [1.165, 1.54) is 0 Å². The Morgan fingerprint density at radius 1 is 1.35 bits per heavy atom. The number of hydrogen-bond acceptors (Lipinski definition) is 7. The van der Waals surface area contributed by atoms with Gasteiger partial charge < -0.3 is 9.80 Å². The van der Waals surface area contributed by atoms with E-state index in [0.29, 0.717) is 25.5 Å². The standard InChI is InChI=1S/C13H22N6O3S/c1-9-14-15-16-19(9)5-4-13(20)18-6-10-11(17(2)3)8-23(21,22)12(10)7-18/h10-12H,4-8H2,1-3H3/t10-,11-,12-/m0/s1. The maximum atomic E-state index is 12.4. The highest BCUT2D eigenvalue weighted by Gasteiger charge is 2.53. The average Bonchev–Trinajstić information content (AvgIpc) is 3.13. The molecule has 128 valence electrons. The molecule has 2 fully saturated rings. The fourth-order valence-electron chi connectivity index (χ4n) is 3.58. The summed E-state index contributed by atoms with van der Waals surface area (Å²) in [6.45, 7) is 3.01. The van der Waals surface area contributed by atoms with Gasteiger partial charge in [-0.25, -0.2) is 13.1 Å². The highest BCUT2D eigenvalue weighted by Crippen LogP contribution is 2.36. The molecule has 2 saturated heterocycles. The summed E-state index contributed by atoms with van der Waals surface area (Å²) < 4.78 is 26.2. The summed E-state index contributed by atoms with van der Waals surface area (Å²) >= 11 is 0. The smallest absolute Gasteiger partial charge is 0.224 e. The molecule has 3 atom stereocenters. The van der Waals surface area contributed by atoms with Crippen molar-refractivity contribution in [1.29, 1.82) is 0 Å². The molecule has 9 nitrogen and oxygen atoms in total. The normalized spacial score (nSPS) is 29.2. The van der Waals surface area contributed by atoms with Crippen LogP contribution in [0, 0.1) is 12.8 Å². The molecule has 2 aliphatic heterocycles. The van der Waals surface area contributed by atoms with Gasteiger partial charge in [0.1, 0.15) is 5.82 Å². The van der Waals surface area contributed by atoms with E-state index in [4.69, 9.17) is 0 Å². The number of tetrazole rings is 1. The molecule has 3 rings (SSSR count). The molecule has 0 saturated carbocycles. The molecular formula is C13H22N6O3S. The number of rotatable bonds is 4. The van der Waals surface area contributed by atoms with Gasteiger partial charge >= 0.3 is 0 Å². The van der Waals surface area contributed by atoms with Crippen molar-refractivity contribution in [3.63, 3.8) is 0 Å². The monoisotopic (exact) mass is 342 g/mol. The summed E-state index contributed by atoms with van der Waals surface area (Å²) in [6, 6.07) is -0.00967. The van der Waals surface area contributed by atoms with Crippen LogP contribution in [0.1, 0.15) is 12.2 Å². The van der Waals surface area contributed by atoms with Gasteiger partial charge in [0, 0.05) is 31.5 Å². The Morgan fingerprint density at radius 3 is 2.70 bits per heavy atom. The van der Waals surface area contributed by atoms with E-state index in [0.717, 1.165) is 0 Å². The topological polar surface area (TPSA) is 101 Å². The van der Waals surface area contributed by atoms with Crippen molar-refractivity contribution in [1.82, 2.24) is 30.0 Å². The van der Waals surface area contributed by atoms with Crippen LogP contribution < -0.4 is 0 Å². The Labute approximate surface area is 135 Å². The van der Waals surface area contributed by atoms with E-state index in [-0.39, 0.29) is 30.0 Å². The minimum atomic E-state index is -3.12. The average molecular weight is 342 g/mol. The fraction of sp³-hybridized carbons (Fsp3) is 0.846. The first-order valence-electron chi connectivity index (χ1n) is 7.68. The number of amides is 1. The van der Waals surface area contributed by atoms with Crippen LogP contribution in [-0.4, -0.2) is 88.6 Å². The second-order valence-corrected chi connectivity index (χ2v) is 8.83. The van der Waals surface area contributed by atoms with Crippen LogP contribution in [0.25, 0.3) is 0 Å². The Kier molecular flexibility index (Phi) is 4.13. The minimum Gasteiger partial charge on any atom is -0.341 e. The minimum absolute atomic E-state index is 0.00808. The van der Waals surface area contributed by atoms with Gasteiger partial charge in [-0.1, -0.05) is 0 Å². The molecular weight excluding hydrogens is 320 g/mol. The van der Waals surface area contributed by atoms with Crippen molar-refractivity contribution >= 4 is 15.7 Å². The third-order valence-electron chi connectivity index (χ3n) is 4.93. The van der Waals surface area contributed by atoms with Gasteiger partial charge in [0.15, 0.2) is 9.84 Å². The van der Waals surface area contributed by atoms with Crippen LogP contribution >= 0.6 is 0 Å². The van der Waals surface area contributed by atoms with Gasteiger partial charge in [-0.05, 0) is 31.4 Å². The molecule has 0 unspecified atom stereocenters. The van der Waals surface area contributed by atoms with E-state index < -0.39 is 15.1 Å². The largest absolute Gasteiger partial charge is 0.341 e. The van der Waals surface area contributed by atoms with Gasteiger partial charge in [-0.2, -0.15) is 0 Å². The highest BCUT2D eigenvalue weighted by molar-refractivity contribution is 7.92. The summed E-state index contributed by atoms with van der Waals surface area (Å²) in [6.07, 6.45) is 0.276. The van der Waals surface area contributed by atoms with E-state index in [1.807, 2.05) is 19.0 Å². The molecule has 0 aromatic carbocycles. The van der Waals surface area contributed by atoms with Crippen molar-refractivity contribution in [3.8, 4) is 0 Å². The summed E-state index contributed by atoms with van der Waals surface area (Å²) in [4.78, 5) is 16.0. The predicted molar refractivity (Wildman–Crippen MR) is 82.3 cm³/mol. The zero-order chi connectivity index (χ0) is 16.8. The molecule has 23 heavy (non-hydrogen) atoms. The lowest BCUT2D eigenvalue weighted by Crippen LogP contribution is -2.38. The van der Waals surface area contributed by atoms with Gasteiger partial charge in [0.25, 0.3) is 0 Å². The second-order valence-electron chi connectivity index (χ2n) is 6.56. The fourth-order valence-corrected chi connectivity index (χ4v) is 6.06. The summed E-state index contributed by atoms with van der Waals surface area (Å²) in [5.74, 6) is 0.823. The van der Waals surface area contributed by atoms with Crippen molar-refractivity contribution in [2.24, 2.45) is 5.92 Å². The number of aryl methyl sites for hydroxylation is 2. The Hall–Kier alpha value is -1.55. The Balaban J connectivity index is 1.65. The number of fused-ring (bicyclic) bond motifs is 1. The van der Waals surface area contributed by atoms with Crippen LogP contribution in [0.2, 0.25) is 0 Å². The molecule has 1 aromatic heterocycles. The van der Waals surface area contributed by atoms with E-state index >= 15 is 0 Å². The second kappa shape index (κ2) is 5.82. The van der Waals surface area contributed by atoms with Crippen LogP contribution in [0.4, 0.5) is 0 Å². The number of sulfone groups is 1. The summed E-state index contributed by atoms with van der Waals surface area (Å²) in [5, 5.41) is 10.7. The molecule has 0 aliphatic carbocycles. The number of likely N-dealkylation sites (tertiary alicyclic amines) is 1. The lowest BCUT2D eigenvalue weighted by Gasteiger charge is -2.25. The quantitative estimate of drug-likeness (QED) is 0.660. The number of carbonyl (C=O) groups is 1. The van der Waals surface area contributed by atoms with Crippen LogP contribution in [0.15, 0.2) is 0 Å². The molecule has 0 radical (unpaired) electrons. The predicted octanol–water partition coefficient (Wildman–Crippen LogP) is -1.44. The van der Waals surface area contributed by atoms with Gasteiger partial charge in [-0.3, -0.25) is 4.79 Å². The van der Waals surface area contributed by atoms with Crippen molar-refractivity contribution in [2.45, 2.75) is 31.2 Å². The molecule has 1 amide bonds. The zero-order valence-corrected chi connectivity index (χ0v) is 14.4. The third kappa shape index (κ3) is 2.97. The maximum Gasteiger partial charge on any atom is 0.224 e. The number of hydrogen-bond donors (Lipinski definition) is 0. The molecule has 3 heterocycles. The Bertz CT molecular complexity index is 700. The van der Waals surface area contributed by atoms with Crippen LogP contribution in [0.5, 0.6) is 0 Å². The lowest BCUT2D eigenvalue weighted by molar-refractivity contribution is -0.130. The molecule has 0 bridgehead atoms. The van der Waals surface area contributed by atoms with Gasteiger partial charge in [-0.15, -0.1) is 5.10 Å². The van der Waals surface area contributed by atoms with E-state index in [9.17, 15) is 13.2 Å². The summed E-state index contributed by atoms with van der Waals surface area (Å²) in [7, 11) is 0.670. The van der Waals surface area contributed by atoms with Crippen LogP contribution in [0.3, 0.4) is 0 Å². The molecule has 0 N–H and O–H groups in total. The van der Waals surface area contributed by atoms with Gasteiger partial charge in [0.2, 0.25) is 5.91 Å².